The van der Waals surface area contributed by atoms with Gasteiger partial charge in [0, 0.05) is 5.56 Å². The molecule has 2 rings (SSSR count). The van der Waals surface area contributed by atoms with Crippen molar-refractivity contribution >= 4 is 40.8 Å². The predicted molar refractivity (Wildman–Crippen MR) is 98.2 cm³/mol. The molecule has 2 N–H and O–H groups in total. The Kier molecular flexibility index (Phi) is 6.28. The normalized spacial score (nSPS) is 11.7. The number of halogens is 2. The highest BCUT2D eigenvalue weighted by Crippen LogP contribution is 2.29. The van der Waals surface area contributed by atoms with Crippen LogP contribution in [0.15, 0.2) is 36.4 Å². The largest absolute Gasteiger partial charge is 0.491 e. The van der Waals surface area contributed by atoms with E-state index in [9.17, 15) is 9.59 Å². The highest BCUT2D eigenvalue weighted by molar-refractivity contribution is 6.38. The van der Waals surface area contributed by atoms with Crippen LogP contribution >= 0.6 is 23.2 Å². The van der Waals surface area contributed by atoms with E-state index in [0.717, 1.165) is 6.42 Å². The number of carbonyl (C=O) groups is 2. The maximum Gasteiger partial charge on any atom is 0.337 e. The zero-order valence-corrected chi connectivity index (χ0v) is 15.2. The Morgan fingerprint density at radius 1 is 1.16 bits per heavy atom. The van der Waals surface area contributed by atoms with Crippen LogP contribution in [0.1, 0.15) is 41.0 Å². The minimum atomic E-state index is -1.20. The van der Waals surface area contributed by atoms with Gasteiger partial charge in [-0.3, -0.25) is 4.79 Å². The highest BCUT2D eigenvalue weighted by Gasteiger charge is 2.15. The summed E-state index contributed by atoms with van der Waals surface area (Å²) in [6.07, 6.45) is 0.963. The van der Waals surface area contributed by atoms with Crippen molar-refractivity contribution in [1.29, 1.82) is 0 Å². The number of anilines is 1. The molecule has 2 aromatic rings. The lowest BCUT2D eigenvalue weighted by Gasteiger charge is -2.13. The van der Waals surface area contributed by atoms with Gasteiger partial charge in [0.2, 0.25) is 0 Å². The maximum atomic E-state index is 12.3. The van der Waals surface area contributed by atoms with Crippen molar-refractivity contribution in [3.8, 4) is 5.75 Å². The van der Waals surface area contributed by atoms with Crippen molar-refractivity contribution in [2.45, 2.75) is 26.4 Å². The van der Waals surface area contributed by atoms with Gasteiger partial charge >= 0.3 is 5.97 Å². The average Bonchev–Trinajstić information content (AvgIpc) is 2.57. The number of carboxylic acid groups (broad SMARTS) is 1. The molecular weight excluding hydrogens is 365 g/mol. The van der Waals surface area contributed by atoms with E-state index < -0.39 is 11.9 Å². The number of carboxylic acids is 1. The first-order valence-corrected chi connectivity index (χ1v) is 8.37. The Morgan fingerprint density at radius 2 is 1.80 bits per heavy atom. The monoisotopic (exact) mass is 381 g/mol. The van der Waals surface area contributed by atoms with Gasteiger partial charge < -0.3 is 15.2 Å². The second-order valence-electron chi connectivity index (χ2n) is 5.43. The van der Waals surface area contributed by atoms with Gasteiger partial charge in [0.15, 0.2) is 0 Å². The summed E-state index contributed by atoms with van der Waals surface area (Å²) in [5, 5.41) is 11.8. The smallest absolute Gasteiger partial charge is 0.337 e. The van der Waals surface area contributed by atoms with Crippen molar-refractivity contribution < 1.29 is 19.4 Å². The average molecular weight is 382 g/mol. The van der Waals surface area contributed by atoms with E-state index >= 15 is 0 Å². The molecule has 1 amide bonds. The molecular formula is C18H17Cl2NO4. The highest BCUT2D eigenvalue weighted by atomic mass is 35.5. The topological polar surface area (TPSA) is 75.6 Å². The van der Waals surface area contributed by atoms with E-state index in [-0.39, 0.29) is 27.4 Å². The molecule has 0 aliphatic carbocycles. The first-order chi connectivity index (χ1) is 11.8. The Morgan fingerprint density at radius 3 is 2.36 bits per heavy atom. The van der Waals surface area contributed by atoms with E-state index in [2.05, 4.69) is 5.32 Å². The van der Waals surface area contributed by atoms with Crippen molar-refractivity contribution in [1.82, 2.24) is 0 Å². The van der Waals surface area contributed by atoms with Crippen molar-refractivity contribution in [3.05, 3.63) is 57.6 Å². The van der Waals surface area contributed by atoms with Crippen LogP contribution in [-0.2, 0) is 0 Å². The molecule has 5 nitrogen and oxygen atoms in total. The van der Waals surface area contributed by atoms with Gasteiger partial charge in [0.1, 0.15) is 5.75 Å². The Bertz CT molecular complexity index is 790. The quantitative estimate of drug-likeness (QED) is 0.727. The molecule has 0 spiro atoms. The van der Waals surface area contributed by atoms with Gasteiger partial charge in [-0.1, -0.05) is 30.1 Å². The summed E-state index contributed by atoms with van der Waals surface area (Å²) in [5.74, 6) is -0.956. The number of hydrogen-bond donors (Lipinski definition) is 2. The van der Waals surface area contributed by atoms with Gasteiger partial charge in [-0.2, -0.15) is 0 Å². The summed E-state index contributed by atoms with van der Waals surface area (Å²) in [6, 6.07) is 9.15. The molecule has 0 bridgehead atoms. The van der Waals surface area contributed by atoms with Crippen LogP contribution in [0.3, 0.4) is 0 Å². The molecule has 0 aromatic heterocycles. The minimum Gasteiger partial charge on any atom is -0.491 e. The van der Waals surface area contributed by atoms with Crippen LogP contribution in [0.4, 0.5) is 5.69 Å². The number of ether oxygens (including phenoxy) is 1. The lowest BCUT2D eigenvalue weighted by atomic mass is 10.1. The lowest BCUT2D eigenvalue weighted by Crippen LogP contribution is -2.13. The molecule has 1 atom stereocenters. The summed E-state index contributed by atoms with van der Waals surface area (Å²) in [4.78, 5) is 23.5. The fraction of sp³-hybridized carbons (Fsp3) is 0.222. The Labute approximate surface area is 155 Å². The zero-order chi connectivity index (χ0) is 18.6. The fourth-order valence-electron chi connectivity index (χ4n) is 2.00. The van der Waals surface area contributed by atoms with Crippen LogP contribution < -0.4 is 10.1 Å². The number of rotatable bonds is 6. The number of benzene rings is 2. The third kappa shape index (κ3) is 4.87. The van der Waals surface area contributed by atoms with Crippen LogP contribution in [0.25, 0.3) is 0 Å². The van der Waals surface area contributed by atoms with Crippen molar-refractivity contribution in [2.24, 2.45) is 0 Å². The summed E-state index contributed by atoms with van der Waals surface area (Å²) in [6.45, 7) is 3.98. The maximum absolute atomic E-state index is 12.3. The molecule has 132 valence electrons. The van der Waals surface area contributed by atoms with Crippen molar-refractivity contribution in [3.63, 3.8) is 0 Å². The molecule has 0 fully saturated rings. The molecule has 0 unspecified atom stereocenters. The van der Waals surface area contributed by atoms with E-state index in [1.54, 1.807) is 24.3 Å². The van der Waals surface area contributed by atoms with Gasteiger partial charge in [-0.15, -0.1) is 0 Å². The minimum absolute atomic E-state index is 0.00189. The van der Waals surface area contributed by atoms with Crippen molar-refractivity contribution in [2.75, 3.05) is 5.32 Å². The van der Waals surface area contributed by atoms with Crippen LogP contribution in [0, 0.1) is 0 Å². The third-order valence-corrected chi connectivity index (χ3v) is 4.19. The van der Waals surface area contributed by atoms with E-state index in [0.29, 0.717) is 11.3 Å². The fourth-order valence-corrected chi connectivity index (χ4v) is 2.51. The summed E-state index contributed by atoms with van der Waals surface area (Å²) >= 11 is 11.9. The Hall–Kier alpha value is -2.24. The molecule has 25 heavy (non-hydrogen) atoms. The number of carbonyl (C=O) groups excluding carboxylic acids is 1. The van der Waals surface area contributed by atoms with Gasteiger partial charge in [0.05, 0.1) is 27.4 Å². The summed E-state index contributed by atoms with van der Waals surface area (Å²) < 4.78 is 5.66. The number of hydrogen-bond acceptors (Lipinski definition) is 3. The molecule has 0 heterocycles. The van der Waals surface area contributed by atoms with Crippen LogP contribution in [0.5, 0.6) is 5.75 Å². The Balaban J connectivity index is 2.17. The molecule has 2 aromatic carbocycles. The summed E-state index contributed by atoms with van der Waals surface area (Å²) in [7, 11) is 0. The lowest BCUT2D eigenvalue weighted by molar-refractivity contribution is 0.0696. The molecule has 0 saturated heterocycles. The van der Waals surface area contributed by atoms with E-state index in [4.69, 9.17) is 33.0 Å². The molecule has 0 radical (unpaired) electrons. The van der Waals surface area contributed by atoms with Crippen LogP contribution in [-0.4, -0.2) is 23.1 Å². The second kappa shape index (κ2) is 8.23. The third-order valence-electron chi connectivity index (χ3n) is 3.56. The summed E-state index contributed by atoms with van der Waals surface area (Å²) in [5.41, 5.74) is 0.423. The first-order valence-electron chi connectivity index (χ1n) is 7.62. The van der Waals surface area contributed by atoms with Gasteiger partial charge in [-0.05, 0) is 49.7 Å². The number of aromatic carboxylic acids is 1. The first kappa shape index (κ1) is 19.1. The molecule has 7 heteroatoms. The number of amides is 1. The molecule has 0 aliphatic heterocycles. The molecule has 0 aliphatic rings. The van der Waals surface area contributed by atoms with Gasteiger partial charge in [0.25, 0.3) is 5.91 Å². The van der Waals surface area contributed by atoms with Gasteiger partial charge in [-0.25, -0.2) is 4.79 Å². The van der Waals surface area contributed by atoms with E-state index in [1.807, 2.05) is 13.8 Å². The molecule has 0 saturated carbocycles. The standard InChI is InChI=1S/C18H17Cl2NO4/c1-3-10(2)25-12-6-4-11(5-7-12)17(22)21-16-8-13(18(23)24)14(19)9-15(16)20/h4-10H,3H2,1-2H3,(H,21,22)(H,23,24)/t10-/m1/s1. The zero-order valence-electron chi connectivity index (χ0n) is 13.7. The SMILES string of the molecule is CC[C@@H](C)Oc1ccc(C(=O)Nc2cc(C(=O)O)c(Cl)cc2Cl)cc1. The predicted octanol–water partition coefficient (Wildman–Crippen LogP) is 5.12. The van der Waals surface area contributed by atoms with Crippen LogP contribution in [0.2, 0.25) is 10.0 Å². The van der Waals surface area contributed by atoms with E-state index in [1.165, 1.54) is 12.1 Å². The number of nitrogens with one attached hydrogen (secondary N) is 1. The second-order valence-corrected chi connectivity index (χ2v) is 6.25.